The number of hydrogen-bond donors (Lipinski definition) is 0. The monoisotopic (exact) mass is 185 g/mol. The summed E-state index contributed by atoms with van der Waals surface area (Å²) >= 11 is 0. The largest absolute Gasteiger partial charge is 0.380 e. The number of ether oxygens (including phenoxy) is 1. The van der Waals surface area contributed by atoms with Gasteiger partial charge in [-0.25, -0.2) is 0 Å². The first-order valence-electron chi connectivity index (χ1n) is 5.43. The molecule has 2 heteroatoms. The fourth-order valence-electron chi connectivity index (χ4n) is 2.44. The summed E-state index contributed by atoms with van der Waals surface area (Å²) in [6.45, 7) is 9.28. The van der Waals surface area contributed by atoms with Crippen molar-refractivity contribution in [1.82, 2.24) is 4.90 Å². The second kappa shape index (κ2) is 4.97. The summed E-state index contributed by atoms with van der Waals surface area (Å²) in [7, 11) is 1.82. The van der Waals surface area contributed by atoms with Crippen LogP contribution in [0.1, 0.15) is 33.6 Å². The number of hydrogen-bond acceptors (Lipinski definition) is 2. The molecule has 1 saturated heterocycles. The zero-order valence-corrected chi connectivity index (χ0v) is 9.42. The van der Waals surface area contributed by atoms with Gasteiger partial charge in [-0.15, -0.1) is 0 Å². The van der Waals surface area contributed by atoms with E-state index in [1.807, 2.05) is 7.11 Å². The zero-order chi connectivity index (χ0) is 9.84. The highest BCUT2D eigenvalue weighted by molar-refractivity contribution is 4.83. The Kier molecular flexibility index (Phi) is 4.20. The van der Waals surface area contributed by atoms with Crippen LogP contribution in [0.15, 0.2) is 0 Å². The minimum absolute atomic E-state index is 0.359. The SMILES string of the molecule is CO[C@H](C)[C@H](C(C)C)N1CCCC1. The van der Waals surface area contributed by atoms with Crippen molar-refractivity contribution in [2.75, 3.05) is 20.2 Å². The average molecular weight is 185 g/mol. The van der Waals surface area contributed by atoms with Gasteiger partial charge >= 0.3 is 0 Å². The molecule has 0 aromatic heterocycles. The van der Waals surface area contributed by atoms with Crippen molar-refractivity contribution >= 4 is 0 Å². The number of methoxy groups -OCH3 is 1. The Hall–Kier alpha value is -0.0800. The minimum Gasteiger partial charge on any atom is -0.380 e. The molecule has 0 amide bonds. The molecule has 0 saturated carbocycles. The van der Waals surface area contributed by atoms with Crippen LogP contribution in [-0.4, -0.2) is 37.2 Å². The molecule has 0 aromatic carbocycles. The molecular weight excluding hydrogens is 162 g/mol. The van der Waals surface area contributed by atoms with E-state index in [-0.39, 0.29) is 0 Å². The second-order valence-electron chi connectivity index (χ2n) is 4.42. The van der Waals surface area contributed by atoms with E-state index in [0.29, 0.717) is 18.1 Å². The van der Waals surface area contributed by atoms with Gasteiger partial charge in [0.2, 0.25) is 0 Å². The van der Waals surface area contributed by atoms with E-state index in [1.165, 1.54) is 25.9 Å². The Morgan fingerprint density at radius 1 is 1.08 bits per heavy atom. The smallest absolute Gasteiger partial charge is 0.0700 e. The van der Waals surface area contributed by atoms with Crippen molar-refractivity contribution in [3.8, 4) is 0 Å². The first-order chi connectivity index (χ1) is 6.16. The van der Waals surface area contributed by atoms with Gasteiger partial charge in [-0.05, 0) is 38.8 Å². The van der Waals surface area contributed by atoms with Crippen molar-refractivity contribution in [1.29, 1.82) is 0 Å². The highest BCUT2D eigenvalue weighted by Crippen LogP contribution is 2.21. The van der Waals surface area contributed by atoms with Crippen molar-refractivity contribution in [2.45, 2.75) is 45.8 Å². The molecule has 0 N–H and O–H groups in total. The van der Waals surface area contributed by atoms with E-state index in [1.54, 1.807) is 0 Å². The highest BCUT2D eigenvalue weighted by atomic mass is 16.5. The van der Waals surface area contributed by atoms with Gasteiger partial charge in [0.15, 0.2) is 0 Å². The summed E-state index contributed by atoms with van der Waals surface area (Å²) in [5.74, 6) is 0.688. The third kappa shape index (κ3) is 2.68. The standard InChI is InChI=1S/C11H23NO/c1-9(2)11(10(3)13-4)12-7-5-6-8-12/h9-11H,5-8H2,1-4H3/t10-,11+/m1/s1. The van der Waals surface area contributed by atoms with E-state index in [0.717, 1.165) is 0 Å². The van der Waals surface area contributed by atoms with Crippen LogP contribution in [0.25, 0.3) is 0 Å². The summed E-state index contributed by atoms with van der Waals surface area (Å²) in [6.07, 6.45) is 3.08. The molecular formula is C11H23NO. The third-order valence-corrected chi connectivity index (χ3v) is 3.10. The summed E-state index contributed by atoms with van der Waals surface area (Å²) in [4.78, 5) is 2.58. The molecule has 1 aliphatic rings. The van der Waals surface area contributed by atoms with Crippen LogP contribution in [0.5, 0.6) is 0 Å². The van der Waals surface area contributed by atoms with Gasteiger partial charge in [-0.3, -0.25) is 4.90 Å². The van der Waals surface area contributed by atoms with E-state index >= 15 is 0 Å². The molecule has 1 fully saturated rings. The number of nitrogens with zero attached hydrogens (tertiary/aromatic N) is 1. The number of rotatable bonds is 4. The van der Waals surface area contributed by atoms with E-state index in [4.69, 9.17) is 4.74 Å². The highest BCUT2D eigenvalue weighted by Gasteiger charge is 2.28. The number of likely N-dealkylation sites (tertiary alicyclic amines) is 1. The average Bonchev–Trinajstić information content (AvgIpc) is 2.56. The third-order valence-electron chi connectivity index (χ3n) is 3.10. The van der Waals surface area contributed by atoms with Gasteiger partial charge in [-0.1, -0.05) is 13.8 Å². The van der Waals surface area contributed by atoms with Crippen LogP contribution in [0.4, 0.5) is 0 Å². The quantitative estimate of drug-likeness (QED) is 0.665. The summed E-state index contributed by atoms with van der Waals surface area (Å²) < 4.78 is 5.44. The van der Waals surface area contributed by atoms with Gasteiger partial charge in [0.1, 0.15) is 0 Å². The maximum Gasteiger partial charge on any atom is 0.0700 e. The lowest BCUT2D eigenvalue weighted by Crippen LogP contribution is -2.45. The van der Waals surface area contributed by atoms with Crippen LogP contribution in [-0.2, 0) is 4.74 Å². The fourth-order valence-corrected chi connectivity index (χ4v) is 2.44. The van der Waals surface area contributed by atoms with Gasteiger partial charge < -0.3 is 4.74 Å². The van der Waals surface area contributed by atoms with Gasteiger partial charge in [-0.2, -0.15) is 0 Å². The van der Waals surface area contributed by atoms with E-state index in [9.17, 15) is 0 Å². The summed E-state index contributed by atoms with van der Waals surface area (Å²) in [5.41, 5.74) is 0. The van der Waals surface area contributed by atoms with E-state index in [2.05, 4.69) is 25.7 Å². The zero-order valence-electron chi connectivity index (χ0n) is 9.42. The topological polar surface area (TPSA) is 12.5 Å². The summed E-state index contributed by atoms with van der Waals surface area (Å²) in [6, 6.07) is 0.604. The van der Waals surface area contributed by atoms with Gasteiger partial charge in [0, 0.05) is 13.2 Å². The molecule has 1 aliphatic heterocycles. The molecule has 0 aliphatic carbocycles. The normalized spacial score (nSPS) is 23.8. The van der Waals surface area contributed by atoms with Gasteiger partial charge in [0.25, 0.3) is 0 Å². The summed E-state index contributed by atoms with van der Waals surface area (Å²) in [5, 5.41) is 0. The van der Waals surface area contributed by atoms with Crippen molar-refractivity contribution in [2.24, 2.45) is 5.92 Å². The lowest BCUT2D eigenvalue weighted by atomic mass is 9.98. The van der Waals surface area contributed by atoms with Crippen LogP contribution >= 0.6 is 0 Å². The Bertz CT molecular complexity index is 141. The van der Waals surface area contributed by atoms with Crippen molar-refractivity contribution < 1.29 is 4.74 Å². The predicted molar refractivity (Wildman–Crippen MR) is 55.9 cm³/mol. The molecule has 0 unspecified atom stereocenters. The van der Waals surface area contributed by atoms with Crippen LogP contribution in [0.2, 0.25) is 0 Å². The molecule has 0 radical (unpaired) electrons. The van der Waals surface area contributed by atoms with Crippen LogP contribution in [0.3, 0.4) is 0 Å². The van der Waals surface area contributed by atoms with Crippen molar-refractivity contribution in [3.05, 3.63) is 0 Å². The van der Waals surface area contributed by atoms with Crippen molar-refractivity contribution in [3.63, 3.8) is 0 Å². The molecule has 2 nitrogen and oxygen atoms in total. The first kappa shape index (κ1) is 11.0. The Labute approximate surface area is 82.3 Å². The molecule has 78 valence electrons. The maximum atomic E-state index is 5.44. The molecule has 0 aromatic rings. The minimum atomic E-state index is 0.359. The molecule has 0 bridgehead atoms. The molecule has 13 heavy (non-hydrogen) atoms. The lowest BCUT2D eigenvalue weighted by molar-refractivity contribution is 0.0143. The molecule has 1 heterocycles. The lowest BCUT2D eigenvalue weighted by Gasteiger charge is -2.34. The molecule has 0 spiro atoms. The van der Waals surface area contributed by atoms with Crippen LogP contribution in [0, 0.1) is 5.92 Å². The molecule has 1 rings (SSSR count). The Balaban J connectivity index is 2.55. The first-order valence-corrected chi connectivity index (χ1v) is 5.43. The van der Waals surface area contributed by atoms with E-state index < -0.39 is 0 Å². The van der Waals surface area contributed by atoms with Crippen LogP contribution < -0.4 is 0 Å². The Morgan fingerprint density at radius 2 is 1.62 bits per heavy atom. The molecule has 2 atom stereocenters. The second-order valence-corrected chi connectivity index (χ2v) is 4.42. The Morgan fingerprint density at radius 3 is 2.00 bits per heavy atom. The van der Waals surface area contributed by atoms with Gasteiger partial charge in [0.05, 0.1) is 6.10 Å². The fraction of sp³-hybridized carbons (Fsp3) is 1.00. The predicted octanol–water partition coefficient (Wildman–Crippen LogP) is 2.14. The maximum absolute atomic E-state index is 5.44.